The van der Waals surface area contributed by atoms with Gasteiger partial charge >= 0.3 is 0 Å². The molecule has 0 aliphatic heterocycles. The summed E-state index contributed by atoms with van der Waals surface area (Å²) in [4.78, 5) is 24.9. The molecular weight excluding hydrogens is 398 g/mol. The number of carbonyl (C=O) groups is 2. The number of nitriles is 1. The van der Waals surface area contributed by atoms with Crippen LogP contribution in [0.1, 0.15) is 21.5 Å². The van der Waals surface area contributed by atoms with E-state index in [1.807, 2.05) is 31.2 Å². The van der Waals surface area contributed by atoms with E-state index in [-0.39, 0.29) is 11.5 Å². The molecule has 0 spiro atoms. The molecule has 0 aliphatic carbocycles. The van der Waals surface area contributed by atoms with E-state index in [1.54, 1.807) is 54.6 Å². The minimum Gasteiger partial charge on any atom is -0.322 e. The summed E-state index contributed by atoms with van der Waals surface area (Å²) >= 11 is 6.06. The molecule has 0 aliphatic rings. The Labute approximate surface area is 179 Å². The van der Waals surface area contributed by atoms with E-state index in [9.17, 15) is 14.9 Å². The van der Waals surface area contributed by atoms with E-state index < -0.39 is 5.91 Å². The van der Waals surface area contributed by atoms with Crippen molar-refractivity contribution in [3.63, 3.8) is 0 Å². The zero-order chi connectivity index (χ0) is 21.5. The van der Waals surface area contributed by atoms with Gasteiger partial charge in [0.15, 0.2) is 0 Å². The van der Waals surface area contributed by atoms with Gasteiger partial charge in [0, 0.05) is 11.4 Å². The maximum absolute atomic E-state index is 12.5. The number of anilines is 2. The molecule has 0 heterocycles. The van der Waals surface area contributed by atoms with Gasteiger partial charge in [-0.1, -0.05) is 48.0 Å². The standard InChI is InChI=1S/C24H18ClN3O2/c1-16-6-4-8-19(12-16)27-23(29)18(15-26)13-17-7-5-9-20(14-17)28-24(30)21-10-2-3-11-22(21)25/h2-14H,1H3,(H,27,29)(H,28,30)/b18-13+. The molecule has 0 unspecified atom stereocenters. The van der Waals surface area contributed by atoms with Crippen LogP contribution in [-0.2, 0) is 4.79 Å². The first-order valence-corrected chi connectivity index (χ1v) is 9.50. The predicted octanol–water partition coefficient (Wildman–Crippen LogP) is 5.45. The molecule has 5 nitrogen and oxygen atoms in total. The zero-order valence-corrected chi connectivity index (χ0v) is 16.9. The highest BCUT2D eigenvalue weighted by Crippen LogP contribution is 2.19. The van der Waals surface area contributed by atoms with Crippen LogP contribution in [0.4, 0.5) is 11.4 Å². The highest BCUT2D eigenvalue weighted by molar-refractivity contribution is 6.34. The third-order valence-corrected chi connectivity index (χ3v) is 4.54. The van der Waals surface area contributed by atoms with Crippen LogP contribution in [0, 0.1) is 18.3 Å². The van der Waals surface area contributed by atoms with Crippen LogP contribution in [0.2, 0.25) is 5.02 Å². The maximum Gasteiger partial charge on any atom is 0.266 e. The normalized spacial score (nSPS) is 10.8. The van der Waals surface area contributed by atoms with Crippen LogP contribution >= 0.6 is 11.6 Å². The number of halogens is 1. The van der Waals surface area contributed by atoms with Crippen molar-refractivity contribution in [2.45, 2.75) is 6.92 Å². The third kappa shape index (κ3) is 5.34. The molecule has 30 heavy (non-hydrogen) atoms. The van der Waals surface area contributed by atoms with Crippen molar-refractivity contribution in [2.75, 3.05) is 10.6 Å². The number of rotatable bonds is 5. The lowest BCUT2D eigenvalue weighted by Crippen LogP contribution is -2.13. The minimum absolute atomic E-state index is 0.0499. The number of nitrogens with one attached hydrogen (secondary N) is 2. The summed E-state index contributed by atoms with van der Waals surface area (Å²) in [6.45, 7) is 1.92. The SMILES string of the molecule is Cc1cccc(NC(=O)/C(C#N)=C/c2cccc(NC(=O)c3ccccc3Cl)c2)c1. The number of carbonyl (C=O) groups excluding carboxylic acids is 2. The molecule has 0 fully saturated rings. The summed E-state index contributed by atoms with van der Waals surface area (Å²) in [5.41, 5.74) is 3.04. The summed E-state index contributed by atoms with van der Waals surface area (Å²) in [5.74, 6) is -0.854. The number of benzene rings is 3. The molecule has 0 atom stereocenters. The molecule has 6 heteroatoms. The van der Waals surface area contributed by atoms with Gasteiger partial charge in [0.1, 0.15) is 11.6 Å². The van der Waals surface area contributed by atoms with Gasteiger partial charge in [0.05, 0.1) is 10.6 Å². The van der Waals surface area contributed by atoms with Crippen molar-refractivity contribution in [3.8, 4) is 6.07 Å². The summed E-state index contributed by atoms with van der Waals surface area (Å²) in [5, 5.41) is 15.3. The molecule has 3 rings (SSSR count). The van der Waals surface area contributed by atoms with Crippen molar-refractivity contribution in [1.29, 1.82) is 5.26 Å². The van der Waals surface area contributed by atoms with E-state index in [0.29, 0.717) is 27.5 Å². The van der Waals surface area contributed by atoms with Crippen molar-refractivity contribution < 1.29 is 9.59 Å². The molecule has 0 saturated carbocycles. The molecule has 0 saturated heterocycles. The first kappa shape index (κ1) is 20.8. The van der Waals surface area contributed by atoms with Crippen molar-refractivity contribution >= 4 is 40.9 Å². The fraction of sp³-hybridized carbons (Fsp3) is 0.0417. The smallest absolute Gasteiger partial charge is 0.266 e. The van der Waals surface area contributed by atoms with Crippen LogP contribution in [0.25, 0.3) is 6.08 Å². The number of nitrogens with zero attached hydrogens (tertiary/aromatic N) is 1. The number of aryl methyl sites for hydroxylation is 1. The fourth-order valence-electron chi connectivity index (χ4n) is 2.79. The van der Waals surface area contributed by atoms with Gasteiger partial charge in [-0.05, 0) is 60.5 Å². The van der Waals surface area contributed by atoms with E-state index in [0.717, 1.165) is 5.56 Å². The van der Waals surface area contributed by atoms with Crippen LogP contribution in [-0.4, -0.2) is 11.8 Å². The van der Waals surface area contributed by atoms with Gasteiger partial charge in [-0.2, -0.15) is 5.26 Å². The van der Waals surface area contributed by atoms with Crippen LogP contribution in [0.3, 0.4) is 0 Å². The van der Waals surface area contributed by atoms with E-state index in [2.05, 4.69) is 10.6 Å². The Hall–Kier alpha value is -3.88. The number of hydrogen-bond donors (Lipinski definition) is 2. The van der Waals surface area contributed by atoms with Crippen molar-refractivity contribution in [3.05, 3.63) is 100 Å². The van der Waals surface area contributed by atoms with Gasteiger partial charge in [0.25, 0.3) is 11.8 Å². The van der Waals surface area contributed by atoms with Gasteiger partial charge in [-0.15, -0.1) is 0 Å². The van der Waals surface area contributed by atoms with Crippen LogP contribution < -0.4 is 10.6 Å². The second-order valence-electron chi connectivity index (χ2n) is 6.55. The quantitative estimate of drug-likeness (QED) is 0.429. The third-order valence-electron chi connectivity index (χ3n) is 4.22. The second-order valence-corrected chi connectivity index (χ2v) is 6.96. The van der Waals surface area contributed by atoms with E-state index in [1.165, 1.54) is 6.08 Å². The summed E-state index contributed by atoms with van der Waals surface area (Å²) < 4.78 is 0. The lowest BCUT2D eigenvalue weighted by Gasteiger charge is -2.08. The Morgan fingerprint density at radius 2 is 1.63 bits per heavy atom. The molecule has 3 aromatic carbocycles. The van der Waals surface area contributed by atoms with Crippen molar-refractivity contribution in [2.24, 2.45) is 0 Å². The highest BCUT2D eigenvalue weighted by Gasteiger charge is 2.12. The summed E-state index contributed by atoms with van der Waals surface area (Å²) in [6, 6.07) is 22.8. The van der Waals surface area contributed by atoms with Crippen LogP contribution in [0.15, 0.2) is 78.4 Å². The monoisotopic (exact) mass is 415 g/mol. The molecule has 0 aromatic heterocycles. The van der Waals surface area contributed by atoms with Gasteiger partial charge in [-0.3, -0.25) is 9.59 Å². The molecule has 0 bridgehead atoms. The van der Waals surface area contributed by atoms with Crippen LogP contribution in [0.5, 0.6) is 0 Å². The first-order chi connectivity index (χ1) is 14.5. The van der Waals surface area contributed by atoms with Gasteiger partial charge < -0.3 is 10.6 Å². The molecule has 148 valence electrons. The maximum atomic E-state index is 12.5. The Morgan fingerprint density at radius 1 is 0.933 bits per heavy atom. The summed E-state index contributed by atoms with van der Waals surface area (Å²) in [7, 11) is 0. The molecule has 3 aromatic rings. The molecule has 2 amide bonds. The average molecular weight is 416 g/mol. The number of amides is 2. The lowest BCUT2D eigenvalue weighted by atomic mass is 10.1. The van der Waals surface area contributed by atoms with E-state index >= 15 is 0 Å². The largest absolute Gasteiger partial charge is 0.322 e. The fourth-order valence-corrected chi connectivity index (χ4v) is 3.01. The second kappa shape index (κ2) is 9.55. The first-order valence-electron chi connectivity index (χ1n) is 9.12. The molecular formula is C24H18ClN3O2. The lowest BCUT2D eigenvalue weighted by molar-refractivity contribution is -0.112. The molecule has 0 radical (unpaired) electrons. The number of hydrogen-bond acceptors (Lipinski definition) is 3. The minimum atomic E-state index is -0.506. The topological polar surface area (TPSA) is 82.0 Å². The highest BCUT2D eigenvalue weighted by atomic mass is 35.5. The Morgan fingerprint density at radius 3 is 2.33 bits per heavy atom. The zero-order valence-electron chi connectivity index (χ0n) is 16.1. The van der Waals surface area contributed by atoms with Gasteiger partial charge in [0.2, 0.25) is 0 Å². The van der Waals surface area contributed by atoms with Crippen molar-refractivity contribution in [1.82, 2.24) is 0 Å². The Bertz CT molecular complexity index is 1180. The summed E-state index contributed by atoms with van der Waals surface area (Å²) in [6.07, 6.45) is 1.47. The van der Waals surface area contributed by atoms with Gasteiger partial charge in [-0.25, -0.2) is 0 Å². The average Bonchev–Trinajstić information content (AvgIpc) is 2.72. The molecule has 2 N–H and O–H groups in total. The van der Waals surface area contributed by atoms with E-state index in [4.69, 9.17) is 11.6 Å². The Kier molecular flexibility index (Phi) is 6.63. The predicted molar refractivity (Wildman–Crippen MR) is 119 cm³/mol. The Balaban J connectivity index is 1.77.